The second kappa shape index (κ2) is 9.83. The predicted molar refractivity (Wildman–Crippen MR) is 97.5 cm³/mol. The van der Waals surface area contributed by atoms with Crippen molar-refractivity contribution < 1.29 is 40.7 Å². The van der Waals surface area contributed by atoms with Crippen molar-refractivity contribution >= 4 is 28.8 Å². The van der Waals surface area contributed by atoms with Crippen LogP contribution in [0, 0.1) is 0 Å². The summed E-state index contributed by atoms with van der Waals surface area (Å²) in [6.45, 7) is 0.162. The summed E-state index contributed by atoms with van der Waals surface area (Å²) in [5.74, 6) is -1.79. The van der Waals surface area contributed by atoms with Crippen LogP contribution in [-0.2, 0) is 4.79 Å². The van der Waals surface area contributed by atoms with Crippen LogP contribution in [0.15, 0.2) is 41.8 Å². The van der Waals surface area contributed by atoms with Crippen molar-refractivity contribution in [2.75, 3.05) is 11.9 Å². The normalized spacial score (nSPS) is 12.9. The summed E-state index contributed by atoms with van der Waals surface area (Å²) in [6.07, 6.45) is -15.5. The zero-order valence-electron chi connectivity index (χ0n) is 15.1. The maximum Gasteiger partial charge on any atom is 0.439 e. The number of rotatable bonds is 9. The molecule has 0 aliphatic rings. The van der Waals surface area contributed by atoms with Crippen LogP contribution >= 0.6 is 11.3 Å². The third-order valence-electron chi connectivity index (χ3n) is 3.60. The van der Waals surface area contributed by atoms with Crippen molar-refractivity contribution in [2.24, 2.45) is 0 Å². The molecule has 0 radical (unpaired) electrons. The molecule has 0 spiro atoms. The second-order valence-electron chi connectivity index (χ2n) is 5.95. The number of carbonyl (C=O) groups is 2. The summed E-state index contributed by atoms with van der Waals surface area (Å²) in [5, 5.41) is 6.53. The van der Waals surface area contributed by atoms with Gasteiger partial charge in [0.15, 0.2) is 0 Å². The van der Waals surface area contributed by atoms with Gasteiger partial charge in [-0.3, -0.25) is 9.59 Å². The van der Waals surface area contributed by atoms with E-state index in [2.05, 4.69) is 15.4 Å². The Labute approximate surface area is 171 Å². The molecular formula is C18H16F6N2O3S. The van der Waals surface area contributed by atoms with Gasteiger partial charge in [0.25, 0.3) is 12.1 Å². The number of benzene rings is 1. The number of anilines is 1. The number of nitrogens with one attached hydrogen (secondary N) is 2. The lowest BCUT2D eigenvalue weighted by Crippen LogP contribution is -2.45. The molecule has 1 heterocycles. The number of carbonyl (C=O) groups excluding carboxylic acids is 2. The topological polar surface area (TPSA) is 67.4 Å². The van der Waals surface area contributed by atoms with Gasteiger partial charge in [0.05, 0.1) is 10.6 Å². The second-order valence-corrected chi connectivity index (χ2v) is 6.90. The highest BCUT2D eigenvalue weighted by Crippen LogP contribution is 2.38. The highest BCUT2D eigenvalue weighted by molar-refractivity contribution is 7.12. The van der Waals surface area contributed by atoms with E-state index in [0.717, 1.165) is 12.1 Å². The van der Waals surface area contributed by atoms with Gasteiger partial charge in [0, 0.05) is 13.0 Å². The minimum Gasteiger partial charge on any atom is -0.428 e. The quantitative estimate of drug-likeness (QED) is 0.424. The number of halogens is 6. The van der Waals surface area contributed by atoms with Crippen molar-refractivity contribution in [2.45, 2.75) is 31.3 Å². The molecule has 1 aromatic carbocycles. The zero-order chi connectivity index (χ0) is 22.4. The van der Waals surface area contributed by atoms with Gasteiger partial charge in [-0.2, -0.15) is 22.0 Å². The van der Waals surface area contributed by atoms with E-state index >= 15 is 0 Å². The molecule has 0 fully saturated rings. The molecule has 2 N–H and O–H groups in total. The zero-order valence-corrected chi connectivity index (χ0v) is 16.0. The monoisotopic (exact) mass is 454 g/mol. The Morgan fingerprint density at radius 3 is 2.40 bits per heavy atom. The van der Waals surface area contributed by atoms with Crippen LogP contribution in [0.25, 0.3) is 0 Å². The van der Waals surface area contributed by atoms with Crippen LogP contribution in [0.3, 0.4) is 0 Å². The van der Waals surface area contributed by atoms with Gasteiger partial charge in [-0.25, -0.2) is 4.39 Å². The van der Waals surface area contributed by atoms with Crippen LogP contribution < -0.4 is 15.4 Å². The SMILES string of the molecule is O=C(CCCNC(=O)c1cccs1)Nc1ccccc1OC(F)(F)[C@H](F)C(F)(F)F. The van der Waals surface area contributed by atoms with E-state index in [1.807, 2.05) is 0 Å². The Morgan fingerprint density at radius 1 is 1.07 bits per heavy atom. The Balaban J connectivity index is 1.89. The van der Waals surface area contributed by atoms with Crippen molar-refractivity contribution in [3.8, 4) is 5.75 Å². The van der Waals surface area contributed by atoms with Crippen LogP contribution in [0.4, 0.5) is 32.0 Å². The molecule has 0 saturated heterocycles. The first-order chi connectivity index (χ1) is 14.0. The smallest absolute Gasteiger partial charge is 0.428 e. The Kier molecular flexibility index (Phi) is 7.71. The number of ether oxygens (including phenoxy) is 1. The first-order valence-corrected chi connectivity index (χ1v) is 9.37. The number of thiophene rings is 1. The maximum atomic E-state index is 13.5. The van der Waals surface area contributed by atoms with E-state index in [4.69, 9.17) is 0 Å². The van der Waals surface area contributed by atoms with E-state index < -0.39 is 30.1 Å². The summed E-state index contributed by atoms with van der Waals surface area (Å²) in [5.41, 5.74) is -0.348. The molecule has 5 nitrogen and oxygen atoms in total. The summed E-state index contributed by atoms with van der Waals surface area (Å²) in [7, 11) is 0. The van der Waals surface area contributed by atoms with Crippen LogP contribution in [-0.4, -0.2) is 36.8 Å². The molecule has 1 atom stereocenters. The summed E-state index contributed by atoms with van der Waals surface area (Å²) in [6, 6.07) is 7.80. The Hall–Kier alpha value is -2.76. The average Bonchev–Trinajstić information content (AvgIpc) is 3.20. The average molecular weight is 454 g/mol. The lowest BCUT2D eigenvalue weighted by molar-refractivity contribution is -0.304. The molecule has 0 aliphatic carbocycles. The minimum absolute atomic E-state index is 0.121. The summed E-state index contributed by atoms with van der Waals surface area (Å²) < 4.78 is 80.6. The van der Waals surface area contributed by atoms with Crippen LogP contribution in [0.5, 0.6) is 5.75 Å². The van der Waals surface area contributed by atoms with Gasteiger partial charge >= 0.3 is 12.3 Å². The molecule has 2 amide bonds. The van der Waals surface area contributed by atoms with Crippen LogP contribution in [0.2, 0.25) is 0 Å². The van der Waals surface area contributed by atoms with E-state index in [1.54, 1.807) is 17.5 Å². The van der Waals surface area contributed by atoms with Crippen molar-refractivity contribution in [3.05, 3.63) is 46.7 Å². The third kappa shape index (κ3) is 6.65. The third-order valence-corrected chi connectivity index (χ3v) is 4.47. The fraction of sp³-hybridized carbons (Fsp3) is 0.333. The van der Waals surface area contributed by atoms with Gasteiger partial charge in [-0.05, 0) is 30.0 Å². The first-order valence-electron chi connectivity index (χ1n) is 8.49. The van der Waals surface area contributed by atoms with E-state index in [0.29, 0.717) is 4.88 Å². The van der Waals surface area contributed by atoms with Gasteiger partial charge in [-0.1, -0.05) is 18.2 Å². The number of hydrogen-bond acceptors (Lipinski definition) is 4. The van der Waals surface area contributed by atoms with Gasteiger partial charge in [0.1, 0.15) is 5.75 Å². The molecule has 30 heavy (non-hydrogen) atoms. The van der Waals surface area contributed by atoms with Crippen molar-refractivity contribution in [3.63, 3.8) is 0 Å². The molecule has 0 unspecified atom stereocenters. The summed E-state index contributed by atoms with van der Waals surface area (Å²) in [4.78, 5) is 24.2. The highest BCUT2D eigenvalue weighted by atomic mass is 32.1. The number of hydrogen-bond donors (Lipinski definition) is 2. The molecule has 2 rings (SSSR count). The highest BCUT2D eigenvalue weighted by Gasteiger charge is 2.59. The molecule has 0 bridgehead atoms. The standard InChI is InChI=1S/C18H16F6N2O3S/c19-16(17(20,21)22)18(23,24)29-12-6-2-1-5-11(12)26-14(27)8-3-9-25-15(28)13-7-4-10-30-13/h1-2,4-7,10,16H,3,8-9H2,(H,25,28)(H,26,27)/t16-/m1/s1. The molecular weight excluding hydrogens is 438 g/mol. The Bertz CT molecular complexity index is 858. The van der Waals surface area contributed by atoms with E-state index in [9.17, 15) is 35.9 Å². The first kappa shape index (κ1) is 23.5. The molecule has 12 heteroatoms. The molecule has 164 valence electrons. The largest absolute Gasteiger partial charge is 0.439 e. The Morgan fingerprint density at radius 2 is 1.77 bits per heavy atom. The summed E-state index contributed by atoms with van der Waals surface area (Å²) >= 11 is 1.24. The van der Waals surface area contributed by atoms with Gasteiger partial charge in [0.2, 0.25) is 5.91 Å². The molecule has 0 saturated carbocycles. The van der Waals surface area contributed by atoms with Gasteiger partial charge < -0.3 is 15.4 Å². The van der Waals surface area contributed by atoms with Crippen molar-refractivity contribution in [1.29, 1.82) is 0 Å². The number of amides is 2. The van der Waals surface area contributed by atoms with Gasteiger partial charge in [-0.15, -0.1) is 11.3 Å². The molecule has 0 aliphatic heterocycles. The minimum atomic E-state index is -5.82. The maximum absolute atomic E-state index is 13.5. The lowest BCUT2D eigenvalue weighted by atomic mass is 10.2. The van der Waals surface area contributed by atoms with E-state index in [-0.39, 0.29) is 31.0 Å². The van der Waals surface area contributed by atoms with Crippen LogP contribution in [0.1, 0.15) is 22.5 Å². The fourth-order valence-corrected chi connectivity index (χ4v) is 2.85. The van der Waals surface area contributed by atoms with E-state index in [1.165, 1.54) is 23.5 Å². The predicted octanol–water partition coefficient (Wildman–Crippen LogP) is 4.77. The fourth-order valence-electron chi connectivity index (χ4n) is 2.21. The molecule has 1 aromatic heterocycles. The van der Waals surface area contributed by atoms with Crippen molar-refractivity contribution in [1.82, 2.24) is 5.32 Å². The molecule has 2 aromatic rings. The number of para-hydroxylation sites is 2. The lowest BCUT2D eigenvalue weighted by Gasteiger charge is -2.24. The number of alkyl halides is 6.